The number of carbonyl (C=O) groups excluding carboxylic acids is 4. The molecule has 1 aromatic carbocycles. The van der Waals surface area contributed by atoms with Gasteiger partial charge in [0.05, 0.1) is 24.2 Å². The molecule has 0 saturated carbocycles. The lowest BCUT2D eigenvalue weighted by Crippen LogP contribution is -2.54. The minimum atomic E-state index is -2.96. The van der Waals surface area contributed by atoms with Crippen LogP contribution in [0.25, 0.3) is 0 Å². The molecule has 4 amide bonds. The van der Waals surface area contributed by atoms with Crippen LogP contribution in [-0.4, -0.2) is 72.6 Å². The number of hydrogen-bond acceptors (Lipinski definition) is 6. The van der Waals surface area contributed by atoms with Crippen molar-refractivity contribution in [3.8, 4) is 0 Å². The highest BCUT2D eigenvalue weighted by atomic mass is 19.3. The number of alkyl halides is 2. The van der Waals surface area contributed by atoms with Gasteiger partial charge in [0.1, 0.15) is 6.04 Å². The monoisotopic (exact) mass is 408 g/mol. The molecular formula is C19H22F2N4O4. The van der Waals surface area contributed by atoms with E-state index in [9.17, 15) is 28.0 Å². The number of halogens is 2. The molecule has 1 atom stereocenters. The van der Waals surface area contributed by atoms with Crippen LogP contribution in [0.4, 0.5) is 8.78 Å². The molecule has 1 unspecified atom stereocenters. The van der Waals surface area contributed by atoms with Crippen molar-refractivity contribution < 1.29 is 28.0 Å². The molecule has 0 aromatic heterocycles. The van der Waals surface area contributed by atoms with Crippen molar-refractivity contribution in [2.75, 3.05) is 27.2 Å². The van der Waals surface area contributed by atoms with Crippen molar-refractivity contribution in [2.24, 2.45) is 0 Å². The third-order valence-electron chi connectivity index (χ3n) is 4.93. The zero-order chi connectivity index (χ0) is 21.3. The fraction of sp³-hybridized carbons (Fsp3) is 0.474. The topological polar surface area (TPSA) is 98.8 Å². The average molecular weight is 408 g/mol. The van der Waals surface area contributed by atoms with E-state index in [4.69, 9.17) is 0 Å². The Labute approximate surface area is 166 Å². The van der Waals surface area contributed by atoms with Gasteiger partial charge in [0.2, 0.25) is 11.8 Å². The van der Waals surface area contributed by atoms with Gasteiger partial charge in [0.25, 0.3) is 17.7 Å². The summed E-state index contributed by atoms with van der Waals surface area (Å²) in [6.07, 6.45) is 0.0849. The number of amides is 4. The first-order chi connectivity index (χ1) is 13.6. The summed E-state index contributed by atoms with van der Waals surface area (Å²) >= 11 is 0. The quantitative estimate of drug-likeness (QED) is 0.633. The SMILES string of the molecule is CNCC(F)(F)CN(C)Cc1cccc2c1C(=O)N(C1CCC(=O)NC1=O)C2=O. The van der Waals surface area contributed by atoms with Gasteiger partial charge < -0.3 is 5.32 Å². The Balaban J connectivity index is 1.83. The van der Waals surface area contributed by atoms with Gasteiger partial charge in [-0.1, -0.05) is 12.1 Å². The zero-order valence-electron chi connectivity index (χ0n) is 16.1. The maximum Gasteiger partial charge on any atom is 0.272 e. The van der Waals surface area contributed by atoms with Crippen molar-refractivity contribution in [3.63, 3.8) is 0 Å². The van der Waals surface area contributed by atoms with Crippen LogP contribution in [0.1, 0.15) is 39.1 Å². The van der Waals surface area contributed by atoms with E-state index in [2.05, 4.69) is 10.6 Å². The summed E-state index contributed by atoms with van der Waals surface area (Å²) in [6, 6.07) is 3.59. The van der Waals surface area contributed by atoms with Crippen LogP contribution in [0.15, 0.2) is 18.2 Å². The smallest absolute Gasteiger partial charge is 0.272 e. The predicted molar refractivity (Wildman–Crippen MR) is 98.3 cm³/mol. The second kappa shape index (κ2) is 7.96. The van der Waals surface area contributed by atoms with Crippen LogP contribution in [0.5, 0.6) is 0 Å². The van der Waals surface area contributed by atoms with E-state index >= 15 is 0 Å². The second-order valence-corrected chi connectivity index (χ2v) is 7.35. The number of piperidine rings is 1. The van der Waals surface area contributed by atoms with E-state index in [1.165, 1.54) is 25.1 Å². The minimum Gasteiger partial charge on any atom is -0.314 e. The largest absolute Gasteiger partial charge is 0.314 e. The van der Waals surface area contributed by atoms with Gasteiger partial charge in [0, 0.05) is 13.0 Å². The summed E-state index contributed by atoms with van der Waals surface area (Å²) in [6.45, 7) is -0.980. The van der Waals surface area contributed by atoms with E-state index in [-0.39, 0.29) is 30.5 Å². The Morgan fingerprint density at radius 1 is 1.24 bits per heavy atom. The summed E-state index contributed by atoms with van der Waals surface area (Å²) in [5.41, 5.74) is 0.678. The van der Waals surface area contributed by atoms with E-state index in [0.29, 0.717) is 5.56 Å². The molecule has 0 radical (unpaired) electrons. The molecule has 29 heavy (non-hydrogen) atoms. The Kier molecular flexibility index (Phi) is 5.76. The normalized spacial score (nSPS) is 19.8. The molecule has 8 nitrogen and oxygen atoms in total. The maximum absolute atomic E-state index is 13.9. The number of imide groups is 2. The van der Waals surface area contributed by atoms with Crippen molar-refractivity contribution in [2.45, 2.75) is 31.4 Å². The fourth-order valence-electron chi connectivity index (χ4n) is 3.77. The third kappa shape index (κ3) is 4.18. The standard InChI is InChI=1S/C19H22F2N4O4/c1-22-9-19(20,21)10-24(2)8-11-4-3-5-12-15(11)18(29)25(17(12)28)13-6-7-14(26)23-16(13)27/h3-5,13,22H,6-10H2,1-2H3,(H,23,26,27). The lowest BCUT2D eigenvalue weighted by molar-refractivity contribution is -0.136. The molecule has 1 fully saturated rings. The zero-order valence-corrected chi connectivity index (χ0v) is 16.1. The Morgan fingerprint density at radius 3 is 2.62 bits per heavy atom. The highest BCUT2D eigenvalue weighted by Crippen LogP contribution is 2.30. The minimum absolute atomic E-state index is 0.0277. The van der Waals surface area contributed by atoms with E-state index in [0.717, 1.165) is 4.90 Å². The predicted octanol–water partition coefficient (Wildman–Crippen LogP) is 0.374. The molecular weight excluding hydrogens is 386 g/mol. The summed E-state index contributed by atoms with van der Waals surface area (Å²) < 4.78 is 27.7. The van der Waals surface area contributed by atoms with Gasteiger partial charge in [0.15, 0.2) is 0 Å². The van der Waals surface area contributed by atoms with Gasteiger partial charge in [-0.05, 0) is 32.1 Å². The average Bonchev–Trinajstić information content (AvgIpc) is 2.86. The number of hydrogen-bond donors (Lipinski definition) is 2. The molecule has 10 heteroatoms. The van der Waals surface area contributed by atoms with Crippen LogP contribution in [0.2, 0.25) is 0 Å². The summed E-state index contributed by atoms with van der Waals surface area (Å²) in [7, 11) is 2.94. The first kappa shape index (κ1) is 21.0. The number of fused-ring (bicyclic) bond motifs is 1. The molecule has 2 aliphatic heterocycles. The molecule has 1 saturated heterocycles. The molecule has 0 spiro atoms. The van der Waals surface area contributed by atoms with E-state index in [1.54, 1.807) is 12.1 Å². The van der Waals surface area contributed by atoms with Crippen LogP contribution in [0, 0.1) is 0 Å². The van der Waals surface area contributed by atoms with Gasteiger partial charge in [-0.3, -0.25) is 34.3 Å². The fourth-order valence-corrected chi connectivity index (χ4v) is 3.77. The second-order valence-electron chi connectivity index (χ2n) is 7.35. The molecule has 1 aromatic rings. The summed E-state index contributed by atoms with van der Waals surface area (Å²) in [4.78, 5) is 51.5. The van der Waals surface area contributed by atoms with Crippen LogP contribution in [-0.2, 0) is 16.1 Å². The molecule has 2 aliphatic rings. The van der Waals surface area contributed by atoms with Crippen LogP contribution >= 0.6 is 0 Å². The Hall–Kier alpha value is -2.72. The molecule has 0 bridgehead atoms. The lowest BCUT2D eigenvalue weighted by Gasteiger charge is -2.28. The number of nitrogens with zero attached hydrogens (tertiary/aromatic N) is 2. The van der Waals surface area contributed by atoms with Crippen molar-refractivity contribution >= 4 is 23.6 Å². The van der Waals surface area contributed by atoms with Crippen molar-refractivity contribution in [1.29, 1.82) is 0 Å². The van der Waals surface area contributed by atoms with Gasteiger partial charge in [-0.2, -0.15) is 0 Å². The lowest BCUT2D eigenvalue weighted by atomic mass is 10.0. The summed E-state index contributed by atoms with van der Waals surface area (Å²) in [5, 5.41) is 4.57. The first-order valence-corrected chi connectivity index (χ1v) is 9.19. The Morgan fingerprint density at radius 2 is 1.97 bits per heavy atom. The first-order valence-electron chi connectivity index (χ1n) is 9.19. The van der Waals surface area contributed by atoms with Gasteiger partial charge >= 0.3 is 0 Å². The van der Waals surface area contributed by atoms with Crippen LogP contribution in [0.3, 0.4) is 0 Å². The molecule has 0 aliphatic carbocycles. The van der Waals surface area contributed by atoms with E-state index in [1.807, 2.05) is 0 Å². The number of rotatable bonds is 7. The number of nitrogens with one attached hydrogen (secondary N) is 2. The molecule has 3 rings (SSSR count). The Bertz CT molecular complexity index is 874. The number of carbonyl (C=O) groups is 4. The van der Waals surface area contributed by atoms with Gasteiger partial charge in [-0.25, -0.2) is 8.78 Å². The highest BCUT2D eigenvalue weighted by molar-refractivity contribution is 6.24. The molecule has 2 heterocycles. The third-order valence-corrected chi connectivity index (χ3v) is 4.93. The van der Waals surface area contributed by atoms with Crippen molar-refractivity contribution in [1.82, 2.24) is 20.4 Å². The van der Waals surface area contributed by atoms with Gasteiger partial charge in [-0.15, -0.1) is 0 Å². The maximum atomic E-state index is 13.9. The molecule has 156 valence electrons. The van der Waals surface area contributed by atoms with Crippen molar-refractivity contribution in [3.05, 3.63) is 34.9 Å². The number of benzene rings is 1. The highest BCUT2D eigenvalue weighted by Gasteiger charge is 2.45. The van der Waals surface area contributed by atoms with E-state index < -0.39 is 48.7 Å². The molecule has 2 N–H and O–H groups in total. The van der Waals surface area contributed by atoms with Crippen LogP contribution < -0.4 is 10.6 Å². The summed E-state index contributed by atoms with van der Waals surface area (Å²) in [5.74, 6) is -5.37.